The van der Waals surface area contributed by atoms with Gasteiger partial charge in [-0.15, -0.1) is 0 Å². The van der Waals surface area contributed by atoms with Crippen LogP contribution in [0, 0.1) is 0 Å². The number of carbonyl (C=O) groups excluding carboxylic acids is 1. The van der Waals surface area contributed by atoms with Gasteiger partial charge in [0.25, 0.3) is 0 Å². The van der Waals surface area contributed by atoms with Gasteiger partial charge in [0.1, 0.15) is 12.1 Å². The van der Waals surface area contributed by atoms with E-state index in [9.17, 15) is 4.79 Å². The Morgan fingerprint density at radius 1 is 1.28 bits per heavy atom. The second-order valence-electron chi connectivity index (χ2n) is 7.41. The third kappa shape index (κ3) is 4.17. The molecule has 1 fully saturated rings. The number of anilines is 3. The number of hydrogen-bond donors (Lipinski definition) is 2. The molecule has 0 saturated carbocycles. The van der Waals surface area contributed by atoms with Crippen molar-refractivity contribution in [2.75, 3.05) is 42.8 Å². The van der Waals surface area contributed by atoms with Crippen molar-refractivity contribution < 1.29 is 9.53 Å². The molecule has 0 bridgehead atoms. The summed E-state index contributed by atoms with van der Waals surface area (Å²) in [4.78, 5) is 25.3. The minimum atomic E-state index is -0.993. The maximum Gasteiger partial charge on any atom is 0.228 e. The number of benzene rings is 1. The smallest absolute Gasteiger partial charge is 0.228 e. The number of halogens is 1. The number of aromatic nitrogens is 2. The predicted molar refractivity (Wildman–Crippen MR) is 113 cm³/mol. The molecule has 29 heavy (non-hydrogen) atoms. The van der Waals surface area contributed by atoms with Crippen molar-refractivity contribution in [3.05, 3.63) is 36.7 Å². The van der Waals surface area contributed by atoms with Crippen LogP contribution in [-0.2, 0) is 4.79 Å². The van der Waals surface area contributed by atoms with E-state index in [2.05, 4.69) is 25.5 Å². The van der Waals surface area contributed by atoms with Gasteiger partial charge in [0.05, 0.1) is 24.9 Å². The normalized spacial score (nSPS) is 17.8. The summed E-state index contributed by atoms with van der Waals surface area (Å²) in [6.07, 6.45) is 3.40. The molecule has 2 N–H and O–H groups in total. The summed E-state index contributed by atoms with van der Waals surface area (Å²) in [5.41, 5.74) is 1.82. The van der Waals surface area contributed by atoms with Gasteiger partial charge in [-0.3, -0.25) is 4.79 Å². The molecule has 2 aliphatic rings. The maximum atomic E-state index is 12.9. The standard InChI is InChI=1S/C20H25ClN6O2/c1-26(19(28)12-20(21)24-15-5-3-4-6-16(15)25-20)14-7-9-27(10-8-14)17-11-18(29-2)23-13-22-17/h3-6,11,13-14,24-25H,7-10,12H2,1-2H3. The Balaban J connectivity index is 1.32. The molecule has 3 heterocycles. The fraction of sp³-hybridized carbons (Fsp3) is 0.450. The number of rotatable bonds is 5. The first kappa shape index (κ1) is 19.6. The first-order valence-corrected chi connectivity index (χ1v) is 10.1. The quantitative estimate of drug-likeness (QED) is 0.572. The van der Waals surface area contributed by atoms with Crippen LogP contribution in [0.2, 0.25) is 0 Å². The zero-order valence-electron chi connectivity index (χ0n) is 16.6. The zero-order valence-corrected chi connectivity index (χ0v) is 17.3. The highest BCUT2D eigenvalue weighted by Crippen LogP contribution is 2.38. The van der Waals surface area contributed by atoms with E-state index in [0.29, 0.717) is 5.88 Å². The topological polar surface area (TPSA) is 82.6 Å². The van der Waals surface area contributed by atoms with E-state index >= 15 is 0 Å². The second kappa shape index (κ2) is 7.94. The number of ether oxygens (including phenoxy) is 1. The minimum Gasteiger partial charge on any atom is -0.481 e. The van der Waals surface area contributed by atoms with Crippen LogP contribution >= 0.6 is 11.6 Å². The van der Waals surface area contributed by atoms with Crippen LogP contribution in [0.15, 0.2) is 36.7 Å². The summed E-state index contributed by atoms with van der Waals surface area (Å²) in [5, 5.41) is 5.43. The Bertz CT molecular complexity index is 862. The minimum absolute atomic E-state index is 0.00922. The van der Waals surface area contributed by atoms with E-state index in [1.807, 2.05) is 42.3 Å². The summed E-state index contributed by atoms with van der Waals surface area (Å²) < 4.78 is 5.18. The van der Waals surface area contributed by atoms with Gasteiger partial charge in [-0.2, -0.15) is 0 Å². The Labute approximate surface area is 175 Å². The molecule has 1 aromatic carbocycles. The number of para-hydroxylation sites is 2. The van der Waals surface area contributed by atoms with Crippen LogP contribution in [-0.4, -0.2) is 59.2 Å². The lowest BCUT2D eigenvalue weighted by Crippen LogP contribution is -2.48. The molecule has 2 aliphatic heterocycles. The van der Waals surface area contributed by atoms with Crippen LogP contribution < -0.4 is 20.3 Å². The maximum absolute atomic E-state index is 12.9. The van der Waals surface area contributed by atoms with Gasteiger partial charge < -0.3 is 25.2 Å². The SMILES string of the molecule is COc1cc(N2CCC(N(C)C(=O)CC3(Cl)Nc4ccccc4N3)CC2)ncn1. The van der Waals surface area contributed by atoms with E-state index in [1.54, 1.807) is 7.11 Å². The Kier molecular flexibility index (Phi) is 5.36. The molecule has 0 radical (unpaired) electrons. The first-order valence-electron chi connectivity index (χ1n) is 9.68. The summed E-state index contributed by atoms with van der Waals surface area (Å²) in [6, 6.07) is 9.76. The van der Waals surface area contributed by atoms with E-state index in [1.165, 1.54) is 6.33 Å². The van der Waals surface area contributed by atoms with Crippen molar-refractivity contribution in [1.29, 1.82) is 0 Å². The Morgan fingerprint density at radius 3 is 2.55 bits per heavy atom. The summed E-state index contributed by atoms with van der Waals surface area (Å²) in [7, 11) is 3.45. The highest BCUT2D eigenvalue weighted by molar-refractivity contribution is 6.28. The highest BCUT2D eigenvalue weighted by atomic mass is 35.5. The Hall–Kier alpha value is -2.74. The molecule has 0 aliphatic carbocycles. The van der Waals surface area contributed by atoms with Crippen molar-refractivity contribution in [2.24, 2.45) is 0 Å². The van der Waals surface area contributed by atoms with Gasteiger partial charge in [-0.25, -0.2) is 9.97 Å². The third-order valence-corrected chi connectivity index (χ3v) is 5.88. The monoisotopic (exact) mass is 416 g/mol. The third-order valence-electron chi connectivity index (χ3n) is 5.55. The van der Waals surface area contributed by atoms with Gasteiger partial charge in [0.15, 0.2) is 5.12 Å². The van der Waals surface area contributed by atoms with Gasteiger partial charge in [-0.05, 0) is 25.0 Å². The molecule has 1 amide bonds. The van der Waals surface area contributed by atoms with Gasteiger partial charge >= 0.3 is 0 Å². The molecule has 154 valence electrons. The number of amides is 1. The summed E-state index contributed by atoms with van der Waals surface area (Å²) in [6.45, 7) is 1.63. The highest BCUT2D eigenvalue weighted by Gasteiger charge is 2.38. The van der Waals surface area contributed by atoms with Gasteiger partial charge in [-0.1, -0.05) is 23.7 Å². The molecule has 4 rings (SSSR count). The number of alkyl halides is 1. The molecule has 2 aromatic rings. The molecule has 0 atom stereocenters. The lowest BCUT2D eigenvalue weighted by molar-refractivity contribution is -0.132. The average molecular weight is 417 g/mol. The molecule has 8 nitrogen and oxygen atoms in total. The fourth-order valence-corrected chi connectivity index (χ4v) is 4.20. The van der Waals surface area contributed by atoms with Crippen LogP contribution in [0.3, 0.4) is 0 Å². The fourth-order valence-electron chi connectivity index (χ4n) is 3.88. The van der Waals surface area contributed by atoms with Crippen molar-refractivity contribution >= 4 is 34.7 Å². The largest absolute Gasteiger partial charge is 0.481 e. The molecular formula is C20H25ClN6O2. The molecule has 0 unspecified atom stereocenters. The average Bonchev–Trinajstić information content (AvgIpc) is 3.08. The summed E-state index contributed by atoms with van der Waals surface area (Å²) >= 11 is 6.64. The van der Waals surface area contributed by atoms with Gasteiger partial charge in [0.2, 0.25) is 11.8 Å². The van der Waals surface area contributed by atoms with Gasteiger partial charge in [0, 0.05) is 32.2 Å². The molecule has 1 aromatic heterocycles. The van der Waals surface area contributed by atoms with Crippen LogP contribution in [0.1, 0.15) is 19.3 Å². The van der Waals surface area contributed by atoms with E-state index in [-0.39, 0.29) is 18.4 Å². The Morgan fingerprint density at radius 2 is 1.93 bits per heavy atom. The van der Waals surface area contributed by atoms with E-state index in [0.717, 1.165) is 43.1 Å². The lowest BCUT2D eigenvalue weighted by Gasteiger charge is -2.38. The number of nitrogens with one attached hydrogen (secondary N) is 2. The number of carbonyl (C=O) groups is 1. The van der Waals surface area contributed by atoms with Crippen molar-refractivity contribution in [1.82, 2.24) is 14.9 Å². The number of methoxy groups -OCH3 is 1. The summed E-state index contributed by atoms with van der Waals surface area (Å²) in [5.74, 6) is 1.41. The predicted octanol–water partition coefficient (Wildman–Crippen LogP) is 2.73. The number of nitrogens with zero attached hydrogens (tertiary/aromatic N) is 4. The number of hydrogen-bond acceptors (Lipinski definition) is 7. The molecule has 0 spiro atoms. The number of piperidine rings is 1. The zero-order chi connectivity index (χ0) is 20.4. The van der Waals surface area contributed by atoms with Crippen LogP contribution in [0.4, 0.5) is 17.2 Å². The molecule has 1 saturated heterocycles. The lowest BCUT2D eigenvalue weighted by atomic mass is 10.0. The van der Waals surface area contributed by atoms with Crippen molar-refractivity contribution in [2.45, 2.75) is 30.4 Å². The first-order chi connectivity index (χ1) is 14.0. The van der Waals surface area contributed by atoms with Crippen molar-refractivity contribution in [3.63, 3.8) is 0 Å². The van der Waals surface area contributed by atoms with Crippen LogP contribution in [0.5, 0.6) is 5.88 Å². The second-order valence-corrected chi connectivity index (χ2v) is 8.06. The molecule has 9 heteroatoms. The molecular weight excluding hydrogens is 392 g/mol. The van der Waals surface area contributed by atoms with E-state index in [4.69, 9.17) is 16.3 Å². The van der Waals surface area contributed by atoms with Crippen LogP contribution in [0.25, 0.3) is 0 Å². The number of fused-ring (bicyclic) bond motifs is 1. The van der Waals surface area contributed by atoms with Crippen molar-refractivity contribution in [3.8, 4) is 5.88 Å². The van der Waals surface area contributed by atoms with E-state index < -0.39 is 5.12 Å².